The minimum absolute atomic E-state index is 0.654. The average Bonchev–Trinajstić information content (AvgIpc) is 2.08. The van der Waals surface area contributed by atoms with Gasteiger partial charge in [0, 0.05) is 0 Å². The molecule has 0 amide bonds. The largest absolute Gasteiger partial charge is 0.255 e. The molecule has 1 aromatic rings. The second kappa shape index (κ2) is 5.75. The number of hydrogen-bond donors (Lipinski definition) is 2. The molecule has 68 valence electrons. The maximum Gasteiger partial charge on any atom is -0.0216 e. The Kier molecular flexibility index (Phi) is 5.34. The quantitative estimate of drug-likeness (QED) is 0.499. The number of rotatable bonds is 1. The number of benzene rings is 1. The van der Waals surface area contributed by atoms with Gasteiger partial charge in [-0.25, -0.2) is 0 Å². The summed E-state index contributed by atoms with van der Waals surface area (Å²) in [5, 5.41) is 12.0. The van der Waals surface area contributed by atoms with E-state index in [0.717, 1.165) is 0 Å². The van der Waals surface area contributed by atoms with Gasteiger partial charge in [0.1, 0.15) is 0 Å². The molecular formula is C10H16O2. The Labute approximate surface area is 73.4 Å². The van der Waals surface area contributed by atoms with Gasteiger partial charge in [-0.3, -0.25) is 10.5 Å². The zero-order valence-electron chi connectivity index (χ0n) is 7.78. The van der Waals surface area contributed by atoms with Crippen LogP contribution in [0.3, 0.4) is 0 Å². The molecule has 0 radical (unpaired) electrons. The zero-order valence-corrected chi connectivity index (χ0v) is 7.78. The Morgan fingerprint density at radius 2 is 1.58 bits per heavy atom. The lowest BCUT2D eigenvalue weighted by Crippen LogP contribution is -1.89. The Balaban J connectivity index is 0.000000561. The third kappa shape index (κ3) is 3.03. The van der Waals surface area contributed by atoms with Crippen molar-refractivity contribution < 1.29 is 10.5 Å². The van der Waals surface area contributed by atoms with Gasteiger partial charge in [-0.2, -0.15) is 0 Å². The van der Waals surface area contributed by atoms with Crippen LogP contribution in [0.1, 0.15) is 30.9 Å². The molecule has 0 bridgehead atoms. The van der Waals surface area contributed by atoms with Gasteiger partial charge in [0.15, 0.2) is 0 Å². The standard InChI is InChI=1S/C10H14.H2O2/c1-8(2)10-7-5-4-6-9(10)3;1-2/h4-8H,1-3H3;1-2H. The van der Waals surface area contributed by atoms with Crippen molar-refractivity contribution in [3.05, 3.63) is 35.4 Å². The summed E-state index contributed by atoms with van der Waals surface area (Å²) in [6.45, 7) is 6.61. The Morgan fingerprint density at radius 3 is 1.92 bits per heavy atom. The molecular weight excluding hydrogens is 152 g/mol. The van der Waals surface area contributed by atoms with Crippen LogP contribution in [0.2, 0.25) is 0 Å². The fourth-order valence-corrected chi connectivity index (χ4v) is 1.23. The van der Waals surface area contributed by atoms with Gasteiger partial charge in [0.25, 0.3) is 0 Å². The maximum atomic E-state index is 6.00. The topological polar surface area (TPSA) is 40.5 Å². The molecule has 0 aliphatic heterocycles. The first kappa shape index (κ1) is 11.1. The molecule has 1 rings (SSSR count). The van der Waals surface area contributed by atoms with E-state index in [4.69, 9.17) is 10.5 Å². The average molecular weight is 168 g/mol. The van der Waals surface area contributed by atoms with Crippen molar-refractivity contribution in [2.45, 2.75) is 26.7 Å². The highest BCUT2D eigenvalue weighted by Gasteiger charge is 1.99. The summed E-state index contributed by atoms with van der Waals surface area (Å²) < 4.78 is 0. The van der Waals surface area contributed by atoms with Crippen LogP contribution in [0, 0.1) is 6.92 Å². The van der Waals surface area contributed by atoms with Gasteiger partial charge in [-0.1, -0.05) is 38.1 Å². The monoisotopic (exact) mass is 168 g/mol. The van der Waals surface area contributed by atoms with E-state index in [-0.39, 0.29) is 0 Å². The molecule has 0 aliphatic carbocycles. The molecule has 0 spiro atoms. The predicted octanol–water partition coefficient (Wildman–Crippen LogP) is 3.14. The lowest BCUT2D eigenvalue weighted by molar-refractivity contribution is -0.176. The van der Waals surface area contributed by atoms with E-state index in [1.54, 1.807) is 0 Å². The van der Waals surface area contributed by atoms with E-state index in [0.29, 0.717) is 5.92 Å². The molecule has 2 N–H and O–H groups in total. The Morgan fingerprint density at radius 1 is 1.08 bits per heavy atom. The highest BCUT2D eigenvalue weighted by Crippen LogP contribution is 2.17. The molecule has 2 heteroatoms. The van der Waals surface area contributed by atoms with E-state index in [1.807, 2.05) is 0 Å². The minimum Gasteiger partial charge on any atom is -0.255 e. The Hall–Kier alpha value is -0.860. The summed E-state index contributed by atoms with van der Waals surface area (Å²) in [5.41, 5.74) is 2.86. The van der Waals surface area contributed by atoms with E-state index in [1.165, 1.54) is 11.1 Å². The van der Waals surface area contributed by atoms with E-state index in [2.05, 4.69) is 45.0 Å². The first-order chi connectivity index (χ1) is 5.72. The lowest BCUT2D eigenvalue weighted by atomic mass is 9.99. The van der Waals surface area contributed by atoms with Crippen LogP contribution in [0.25, 0.3) is 0 Å². The summed E-state index contributed by atoms with van der Waals surface area (Å²) in [6.07, 6.45) is 0. The molecule has 0 unspecified atom stereocenters. The fraction of sp³-hybridized carbons (Fsp3) is 0.400. The molecule has 0 atom stereocenters. The summed E-state index contributed by atoms with van der Waals surface area (Å²) >= 11 is 0. The van der Waals surface area contributed by atoms with Crippen LogP contribution in [-0.4, -0.2) is 10.5 Å². The van der Waals surface area contributed by atoms with Crippen molar-refractivity contribution in [2.75, 3.05) is 0 Å². The van der Waals surface area contributed by atoms with Crippen molar-refractivity contribution in [1.82, 2.24) is 0 Å². The van der Waals surface area contributed by atoms with Crippen LogP contribution in [-0.2, 0) is 0 Å². The first-order valence-electron chi connectivity index (χ1n) is 3.97. The maximum absolute atomic E-state index is 6.00. The highest BCUT2D eigenvalue weighted by atomic mass is 17.0. The second-order valence-corrected chi connectivity index (χ2v) is 3.01. The molecule has 12 heavy (non-hydrogen) atoms. The smallest absolute Gasteiger partial charge is 0.0216 e. The van der Waals surface area contributed by atoms with Crippen molar-refractivity contribution in [1.29, 1.82) is 0 Å². The molecule has 0 aromatic heterocycles. The molecule has 0 saturated carbocycles. The SMILES string of the molecule is Cc1ccccc1C(C)C.OO. The van der Waals surface area contributed by atoms with E-state index >= 15 is 0 Å². The first-order valence-corrected chi connectivity index (χ1v) is 3.97. The van der Waals surface area contributed by atoms with Gasteiger partial charge in [-0.05, 0) is 24.0 Å². The van der Waals surface area contributed by atoms with Crippen molar-refractivity contribution in [2.24, 2.45) is 0 Å². The molecule has 0 heterocycles. The van der Waals surface area contributed by atoms with Gasteiger partial charge in [0.2, 0.25) is 0 Å². The minimum atomic E-state index is 0.654. The molecule has 0 saturated heterocycles. The van der Waals surface area contributed by atoms with Gasteiger partial charge in [-0.15, -0.1) is 0 Å². The summed E-state index contributed by atoms with van der Waals surface area (Å²) in [5.74, 6) is 0.654. The van der Waals surface area contributed by atoms with Crippen LogP contribution < -0.4 is 0 Å². The van der Waals surface area contributed by atoms with Crippen LogP contribution in [0.5, 0.6) is 0 Å². The molecule has 0 fully saturated rings. The zero-order chi connectivity index (χ0) is 9.56. The molecule has 0 aliphatic rings. The number of aryl methyl sites for hydroxylation is 1. The fourth-order valence-electron chi connectivity index (χ4n) is 1.23. The van der Waals surface area contributed by atoms with Crippen molar-refractivity contribution in [3.8, 4) is 0 Å². The van der Waals surface area contributed by atoms with Crippen LogP contribution in [0.4, 0.5) is 0 Å². The van der Waals surface area contributed by atoms with Crippen LogP contribution >= 0.6 is 0 Å². The number of hydrogen-bond acceptors (Lipinski definition) is 2. The summed E-state index contributed by atoms with van der Waals surface area (Å²) in [7, 11) is 0. The highest BCUT2D eigenvalue weighted by molar-refractivity contribution is 5.27. The summed E-state index contributed by atoms with van der Waals surface area (Å²) in [6, 6.07) is 8.54. The molecule has 1 aromatic carbocycles. The van der Waals surface area contributed by atoms with Gasteiger partial charge < -0.3 is 0 Å². The van der Waals surface area contributed by atoms with Crippen molar-refractivity contribution in [3.63, 3.8) is 0 Å². The van der Waals surface area contributed by atoms with Gasteiger partial charge >= 0.3 is 0 Å². The third-order valence-electron chi connectivity index (χ3n) is 1.81. The van der Waals surface area contributed by atoms with Gasteiger partial charge in [0.05, 0.1) is 0 Å². The lowest BCUT2D eigenvalue weighted by Gasteiger charge is -2.07. The van der Waals surface area contributed by atoms with E-state index < -0.39 is 0 Å². The van der Waals surface area contributed by atoms with Crippen molar-refractivity contribution >= 4 is 0 Å². The third-order valence-corrected chi connectivity index (χ3v) is 1.81. The molecule has 2 nitrogen and oxygen atoms in total. The predicted molar refractivity (Wildman–Crippen MR) is 50.5 cm³/mol. The normalized spacial score (nSPS) is 9.17. The second-order valence-electron chi connectivity index (χ2n) is 3.01. The Bertz CT molecular complexity index is 219. The van der Waals surface area contributed by atoms with Crippen LogP contribution in [0.15, 0.2) is 24.3 Å². The summed E-state index contributed by atoms with van der Waals surface area (Å²) in [4.78, 5) is 0. The van der Waals surface area contributed by atoms with E-state index in [9.17, 15) is 0 Å².